The number of hydrogen-bond donors (Lipinski definition) is 1. The summed E-state index contributed by atoms with van der Waals surface area (Å²) in [5.41, 5.74) is 0. The Morgan fingerprint density at radius 3 is 1.85 bits per heavy atom. The lowest BCUT2D eigenvalue weighted by Crippen LogP contribution is -2.22. The van der Waals surface area contributed by atoms with Crippen molar-refractivity contribution in [2.45, 2.75) is 38.3 Å². The van der Waals surface area contributed by atoms with E-state index in [1.807, 2.05) is 0 Å². The first kappa shape index (κ1) is 10.8. The van der Waals surface area contributed by atoms with Crippen LogP contribution in [0.5, 0.6) is 0 Å². The summed E-state index contributed by atoms with van der Waals surface area (Å²) in [5.74, 6) is 0.0345. The summed E-state index contributed by atoms with van der Waals surface area (Å²) >= 11 is 0. The third kappa shape index (κ3) is 3.98. The van der Waals surface area contributed by atoms with E-state index < -0.39 is 12.6 Å². The van der Waals surface area contributed by atoms with Crippen molar-refractivity contribution < 1.29 is 18.3 Å². The second-order valence-corrected chi connectivity index (χ2v) is 3.89. The van der Waals surface area contributed by atoms with Crippen LogP contribution < -0.4 is 0 Å². The van der Waals surface area contributed by atoms with Crippen molar-refractivity contribution in [1.29, 1.82) is 0 Å². The summed E-state index contributed by atoms with van der Waals surface area (Å²) in [6, 6.07) is 0. The molecule has 1 aliphatic rings. The number of aliphatic hydroxyl groups is 1. The largest absolute Gasteiger partial charge is 0.396 e. The Hall–Kier alpha value is -0.250. The monoisotopic (exact) mass is 196 g/mol. The Bertz CT molecular complexity index is 147. The molecule has 0 saturated heterocycles. The molecule has 1 rings (SSSR count). The molecule has 0 spiro atoms. The molecule has 1 aliphatic carbocycles. The van der Waals surface area contributed by atoms with Gasteiger partial charge in [-0.1, -0.05) is 0 Å². The summed E-state index contributed by atoms with van der Waals surface area (Å²) in [5, 5.41) is 8.79. The molecular weight excluding hydrogens is 181 g/mol. The molecule has 0 radical (unpaired) electrons. The van der Waals surface area contributed by atoms with Gasteiger partial charge in [-0.2, -0.15) is 13.2 Å². The number of aliphatic hydroxyl groups excluding tert-OH is 1. The highest BCUT2D eigenvalue weighted by atomic mass is 19.4. The Kier molecular flexibility index (Phi) is 3.59. The van der Waals surface area contributed by atoms with Crippen molar-refractivity contribution in [3.05, 3.63) is 0 Å². The van der Waals surface area contributed by atoms with Crippen LogP contribution in [0, 0.1) is 11.8 Å². The van der Waals surface area contributed by atoms with Crippen LogP contribution in [0.25, 0.3) is 0 Å². The lowest BCUT2D eigenvalue weighted by atomic mass is 9.81. The molecule has 0 bridgehead atoms. The van der Waals surface area contributed by atoms with Gasteiger partial charge in [0, 0.05) is 13.0 Å². The number of alkyl halides is 3. The number of hydrogen-bond acceptors (Lipinski definition) is 1. The van der Waals surface area contributed by atoms with Crippen LogP contribution in [0.3, 0.4) is 0 Å². The Morgan fingerprint density at radius 2 is 1.46 bits per heavy atom. The van der Waals surface area contributed by atoms with E-state index in [1.165, 1.54) is 0 Å². The maximum atomic E-state index is 12.0. The van der Waals surface area contributed by atoms with E-state index in [9.17, 15) is 13.2 Å². The molecule has 0 heterocycles. The quantitative estimate of drug-likeness (QED) is 0.720. The topological polar surface area (TPSA) is 20.2 Å². The van der Waals surface area contributed by atoms with Gasteiger partial charge in [-0.15, -0.1) is 0 Å². The number of halogens is 3. The molecule has 0 atom stereocenters. The standard InChI is InChI=1S/C9H15F3O/c10-9(11,12)5-7-1-3-8(6-13)4-2-7/h7-8,13H,1-6H2/t7-,8-. The maximum Gasteiger partial charge on any atom is 0.389 e. The first-order valence-electron chi connectivity index (χ1n) is 4.69. The van der Waals surface area contributed by atoms with E-state index in [0.717, 1.165) is 12.8 Å². The highest BCUT2D eigenvalue weighted by molar-refractivity contribution is 4.73. The minimum Gasteiger partial charge on any atom is -0.396 e. The van der Waals surface area contributed by atoms with Crippen LogP contribution in [0.4, 0.5) is 13.2 Å². The smallest absolute Gasteiger partial charge is 0.389 e. The van der Waals surface area contributed by atoms with Crippen molar-refractivity contribution in [2.75, 3.05) is 6.61 Å². The molecule has 0 aromatic heterocycles. The van der Waals surface area contributed by atoms with Gasteiger partial charge in [0.25, 0.3) is 0 Å². The second kappa shape index (κ2) is 4.31. The lowest BCUT2D eigenvalue weighted by Gasteiger charge is -2.27. The summed E-state index contributed by atoms with van der Waals surface area (Å²) in [6.45, 7) is 0.124. The van der Waals surface area contributed by atoms with Gasteiger partial charge in [-0.05, 0) is 37.5 Å². The summed E-state index contributed by atoms with van der Waals surface area (Å²) in [7, 11) is 0. The maximum absolute atomic E-state index is 12.0. The van der Waals surface area contributed by atoms with Crippen molar-refractivity contribution in [2.24, 2.45) is 11.8 Å². The minimum atomic E-state index is -4.02. The van der Waals surface area contributed by atoms with E-state index >= 15 is 0 Å². The Morgan fingerprint density at radius 1 is 1.00 bits per heavy atom. The molecule has 78 valence electrons. The summed E-state index contributed by atoms with van der Waals surface area (Å²) in [6.07, 6.45) is -1.94. The molecule has 0 aliphatic heterocycles. The van der Waals surface area contributed by atoms with Gasteiger partial charge in [-0.25, -0.2) is 0 Å². The highest BCUT2D eigenvalue weighted by Gasteiger charge is 2.33. The zero-order valence-corrected chi connectivity index (χ0v) is 7.48. The minimum absolute atomic E-state index is 0.124. The van der Waals surface area contributed by atoms with E-state index in [-0.39, 0.29) is 18.4 Å². The molecule has 0 unspecified atom stereocenters. The van der Waals surface area contributed by atoms with Crippen LogP contribution in [0.2, 0.25) is 0 Å². The van der Waals surface area contributed by atoms with Gasteiger partial charge in [0.1, 0.15) is 0 Å². The predicted octanol–water partition coefficient (Wildman–Crippen LogP) is 2.74. The van der Waals surface area contributed by atoms with Crippen molar-refractivity contribution in [3.63, 3.8) is 0 Å². The average molecular weight is 196 g/mol. The van der Waals surface area contributed by atoms with E-state index in [1.54, 1.807) is 0 Å². The van der Waals surface area contributed by atoms with Crippen LogP contribution >= 0.6 is 0 Å². The van der Waals surface area contributed by atoms with Gasteiger partial charge in [0.05, 0.1) is 0 Å². The lowest BCUT2D eigenvalue weighted by molar-refractivity contribution is -0.147. The Balaban J connectivity index is 2.25. The fourth-order valence-electron chi connectivity index (χ4n) is 1.95. The first-order chi connectivity index (χ1) is 6.01. The molecule has 13 heavy (non-hydrogen) atoms. The van der Waals surface area contributed by atoms with Crippen molar-refractivity contribution in [3.8, 4) is 0 Å². The second-order valence-electron chi connectivity index (χ2n) is 3.89. The predicted molar refractivity (Wildman–Crippen MR) is 43.2 cm³/mol. The average Bonchev–Trinajstić information content (AvgIpc) is 2.03. The van der Waals surface area contributed by atoms with Crippen LogP contribution in [-0.4, -0.2) is 17.9 Å². The van der Waals surface area contributed by atoms with Gasteiger partial charge >= 0.3 is 6.18 Å². The molecule has 0 aromatic carbocycles. The fraction of sp³-hybridized carbons (Fsp3) is 1.00. The molecule has 1 nitrogen and oxygen atoms in total. The van der Waals surface area contributed by atoms with Crippen molar-refractivity contribution in [1.82, 2.24) is 0 Å². The van der Waals surface area contributed by atoms with Crippen LogP contribution in [-0.2, 0) is 0 Å². The Labute approximate surface area is 75.9 Å². The highest BCUT2D eigenvalue weighted by Crippen LogP contribution is 2.35. The SMILES string of the molecule is OC[C@H]1CC[C@H](CC(F)(F)F)CC1. The fourth-order valence-corrected chi connectivity index (χ4v) is 1.95. The van der Waals surface area contributed by atoms with Crippen molar-refractivity contribution >= 4 is 0 Å². The van der Waals surface area contributed by atoms with Crippen LogP contribution in [0.15, 0.2) is 0 Å². The number of rotatable bonds is 2. The molecule has 1 fully saturated rings. The molecule has 4 heteroatoms. The van der Waals surface area contributed by atoms with Gasteiger partial charge in [-0.3, -0.25) is 0 Å². The normalized spacial score (nSPS) is 30.5. The van der Waals surface area contributed by atoms with Gasteiger partial charge in [0.2, 0.25) is 0 Å². The third-order valence-electron chi connectivity index (χ3n) is 2.74. The molecule has 1 N–H and O–H groups in total. The molecule has 0 amide bonds. The zero-order chi connectivity index (χ0) is 9.90. The van der Waals surface area contributed by atoms with Crippen LogP contribution in [0.1, 0.15) is 32.1 Å². The molecule has 0 aromatic rings. The zero-order valence-electron chi connectivity index (χ0n) is 7.48. The summed E-state index contributed by atoms with van der Waals surface area (Å²) < 4.78 is 35.9. The molecular formula is C9H15F3O. The van der Waals surface area contributed by atoms with E-state index in [2.05, 4.69) is 0 Å². The summed E-state index contributed by atoms with van der Waals surface area (Å²) in [4.78, 5) is 0. The first-order valence-corrected chi connectivity index (χ1v) is 4.69. The van der Waals surface area contributed by atoms with Gasteiger partial charge < -0.3 is 5.11 Å². The van der Waals surface area contributed by atoms with E-state index in [0.29, 0.717) is 12.8 Å². The van der Waals surface area contributed by atoms with E-state index in [4.69, 9.17) is 5.11 Å². The molecule has 1 saturated carbocycles. The van der Waals surface area contributed by atoms with Gasteiger partial charge in [0.15, 0.2) is 0 Å². The third-order valence-corrected chi connectivity index (χ3v) is 2.74.